The molecule has 0 aliphatic rings. The maximum atomic E-state index is 13.7. The first-order valence-electron chi connectivity index (χ1n) is 14.0. The highest BCUT2D eigenvalue weighted by Gasteiger charge is 2.18. The van der Waals surface area contributed by atoms with Crippen LogP contribution in [0.25, 0.3) is 33.5 Å². The molecule has 0 radical (unpaired) electrons. The Morgan fingerprint density at radius 2 is 1.82 bits per heavy atom. The molecule has 0 atom stereocenters. The number of aromatic nitrogens is 2. The Hall–Kier alpha value is -4.93. The Morgan fingerprint density at radius 3 is 2.64 bits per heavy atom. The number of ether oxygens (including phenoxy) is 2. The van der Waals surface area contributed by atoms with Crippen LogP contribution in [0.15, 0.2) is 104 Å². The number of benzene rings is 4. The van der Waals surface area contributed by atoms with Gasteiger partial charge in [0.25, 0.3) is 11.5 Å². The quantitative estimate of drug-likeness (QED) is 0.156. The number of furan rings is 1. The van der Waals surface area contributed by atoms with E-state index in [-0.39, 0.29) is 23.9 Å². The highest BCUT2D eigenvalue weighted by Crippen LogP contribution is 2.34. The number of rotatable bonds is 9. The van der Waals surface area contributed by atoms with Crippen LogP contribution in [0.1, 0.15) is 18.1 Å². The standard InChI is InChI=1S/C34H26BrClN4O5/c1-3-43-29-16-22(25(35)17-30(29)44-19-32(41)38-26-10-6-4-8-20(26)2)18-37-40-33(39-27-11-7-5-9-24(27)34(40)42)31-15-21-14-23(36)12-13-28(21)45-31/h4-18H,3,19H2,1-2H3,(H,38,41). The van der Waals surface area contributed by atoms with Crippen LogP contribution in [0, 0.1) is 6.92 Å². The van der Waals surface area contributed by atoms with Crippen LogP contribution in [-0.2, 0) is 4.79 Å². The fourth-order valence-corrected chi connectivity index (χ4v) is 5.31. The number of aryl methyl sites for hydroxylation is 1. The molecule has 6 aromatic rings. The van der Waals surface area contributed by atoms with E-state index < -0.39 is 0 Å². The summed E-state index contributed by atoms with van der Waals surface area (Å²) in [6.45, 7) is 3.90. The number of hydrogen-bond donors (Lipinski definition) is 1. The Kier molecular flexibility index (Phi) is 8.68. The SMILES string of the molecule is CCOc1cc(C=Nn2c(-c3cc4cc(Cl)ccc4o3)nc3ccccc3c2=O)c(Br)cc1OCC(=O)Nc1ccccc1C. The Balaban J connectivity index is 1.34. The molecule has 11 heteroatoms. The van der Waals surface area contributed by atoms with E-state index >= 15 is 0 Å². The third-order valence-corrected chi connectivity index (χ3v) is 7.83. The Morgan fingerprint density at radius 1 is 1.04 bits per heavy atom. The van der Waals surface area contributed by atoms with Crippen molar-refractivity contribution in [3.63, 3.8) is 0 Å². The normalized spacial score (nSPS) is 11.4. The first-order chi connectivity index (χ1) is 21.8. The van der Waals surface area contributed by atoms with E-state index in [9.17, 15) is 9.59 Å². The molecule has 226 valence electrons. The molecule has 0 spiro atoms. The number of anilines is 1. The third kappa shape index (κ3) is 6.47. The lowest BCUT2D eigenvalue weighted by atomic mass is 10.2. The molecule has 0 aliphatic carbocycles. The minimum absolute atomic E-state index is 0.224. The molecule has 2 heterocycles. The number of carbonyl (C=O) groups excluding carboxylic acids is 1. The van der Waals surface area contributed by atoms with Crippen molar-refractivity contribution in [2.45, 2.75) is 13.8 Å². The lowest BCUT2D eigenvalue weighted by Crippen LogP contribution is -2.21. The van der Waals surface area contributed by atoms with E-state index in [0.29, 0.717) is 61.1 Å². The van der Waals surface area contributed by atoms with Gasteiger partial charge in [0, 0.05) is 26.1 Å². The van der Waals surface area contributed by atoms with Crippen molar-refractivity contribution in [1.29, 1.82) is 0 Å². The van der Waals surface area contributed by atoms with Crippen molar-refractivity contribution in [3.05, 3.63) is 116 Å². The average molecular weight is 686 g/mol. The summed E-state index contributed by atoms with van der Waals surface area (Å²) in [7, 11) is 0. The molecular weight excluding hydrogens is 660 g/mol. The number of amides is 1. The molecule has 0 saturated carbocycles. The summed E-state index contributed by atoms with van der Waals surface area (Å²) in [5, 5.41) is 9.14. The van der Waals surface area contributed by atoms with Gasteiger partial charge in [-0.3, -0.25) is 9.59 Å². The average Bonchev–Trinajstić information content (AvgIpc) is 3.45. The number of fused-ring (bicyclic) bond motifs is 2. The maximum absolute atomic E-state index is 13.7. The molecule has 6 rings (SSSR count). The second-order valence-corrected chi connectivity index (χ2v) is 11.3. The summed E-state index contributed by atoms with van der Waals surface area (Å²) in [4.78, 5) is 31.0. The maximum Gasteiger partial charge on any atom is 0.282 e. The molecule has 1 N–H and O–H groups in total. The van der Waals surface area contributed by atoms with Gasteiger partial charge in [-0.15, -0.1) is 0 Å². The van der Waals surface area contributed by atoms with Gasteiger partial charge in [0.2, 0.25) is 5.82 Å². The molecular formula is C34H26BrClN4O5. The lowest BCUT2D eigenvalue weighted by Gasteiger charge is -2.14. The van der Waals surface area contributed by atoms with Crippen LogP contribution < -0.4 is 20.3 Å². The van der Waals surface area contributed by atoms with Gasteiger partial charge in [0.05, 0.1) is 23.7 Å². The van der Waals surface area contributed by atoms with Gasteiger partial charge in [-0.2, -0.15) is 9.78 Å². The molecule has 0 fully saturated rings. The van der Waals surface area contributed by atoms with Gasteiger partial charge in [0.1, 0.15) is 5.58 Å². The summed E-state index contributed by atoms with van der Waals surface area (Å²) in [6, 6.07) is 25.0. The number of nitrogens with zero attached hydrogens (tertiary/aromatic N) is 3. The van der Waals surface area contributed by atoms with Crippen LogP contribution in [0.5, 0.6) is 11.5 Å². The van der Waals surface area contributed by atoms with Crippen molar-refractivity contribution in [2.24, 2.45) is 5.10 Å². The summed E-state index contributed by atoms with van der Waals surface area (Å²) < 4.78 is 19.5. The number of para-hydroxylation sites is 2. The summed E-state index contributed by atoms with van der Waals surface area (Å²) in [5.41, 5.74) is 2.99. The fourth-order valence-electron chi connectivity index (χ4n) is 4.71. The van der Waals surface area contributed by atoms with Crippen molar-refractivity contribution < 1.29 is 18.7 Å². The fraction of sp³-hybridized carbons (Fsp3) is 0.118. The molecule has 4 aromatic carbocycles. The third-order valence-electron chi connectivity index (χ3n) is 6.91. The van der Waals surface area contributed by atoms with E-state index in [2.05, 4.69) is 26.3 Å². The number of carbonyl (C=O) groups is 1. The van der Waals surface area contributed by atoms with Gasteiger partial charge in [-0.25, -0.2) is 4.98 Å². The second-order valence-electron chi connectivity index (χ2n) is 10.0. The molecule has 9 nitrogen and oxygen atoms in total. The molecule has 0 bridgehead atoms. The number of nitrogens with one attached hydrogen (secondary N) is 1. The summed E-state index contributed by atoms with van der Waals surface area (Å²) >= 11 is 9.75. The first kappa shape index (κ1) is 30.1. The highest BCUT2D eigenvalue weighted by atomic mass is 79.9. The van der Waals surface area contributed by atoms with E-state index in [0.717, 1.165) is 10.9 Å². The topological polar surface area (TPSA) is 108 Å². The van der Waals surface area contributed by atoms with E-state index in [4.69, 9.17) is 30.5 Å². The van der Waals surface area contributed by atoms with E-state index in [1.54, 1.807) is 54.6 Å². The minimum atomic E-state index is -0.369. The summed E-state index contributed by atoms with van der Waals surface area (Å²) in [6.07, 6.45) is 1.52. The molecule has 2 aromatic heterocycles. The largest absolute Gasteiger partial charge is 0.490 e. The lowest BCUT2D eigenvalue weighted by molar-refractivity contribution is -0.118. The minimum Gasteiger partial charge on any atom is -0.490 e. The van der Waals surface area contributed by atoms with Crippen LogP contribution in [0.4, 0.5) is 5.69 Å². The van der Waals surface area contributed by atoms with Crippen LogP contribution in [0.2, 0.25) is 5.02 Å². The zero-order chi connectivity index (χ0) is 31.5. The summed E-state index contributed by atoms with van der Waals surface area (Å²) in [5.74, 6) is 1.05. The predicted molar refractivity (Wildman–Crippen MR) is 180 cm³/mol. The zero-order valence-corrected chi connectivity index (χ0v) is 26.6. The number of halogens is 2. The van der Waals surface area contributed by atoms with E-state index in [1.807, 2.05) is 44.2 Å². The monoisotopic (exact) mass is 684 g/mol. The highest BCUT2D eigenvalue weighted by molar-refractivity contribution is 9.10. The Bertz CT molecular complexity index is 2160. The van der Waals surface area contributed by atoms with Gasteiger partial charge >= 0.3 is 0 Å². The van der Waals surface area contributed by atoms with Crippen LogP contribution >= 0.6 is 27.5 Å². The van der Waals surface area contributed by atoms with E-state index in [1.165, 1.54) is 10.9 Å². The van der Waals surface area contributed by atoms with Crippen LogP contribution in [0.3, 0.4) is 0 Å². The molecule has 0 aliphatic heterocycles. The molecule has 0 unspecified atom stereocenters. The van der Waals surface area contributed by atoms with Gasteiger partial charge < -0.3 is 19.2 Å². The second kappa shape index (κ2) is 13.0. The van der Waals surface area contributed by atoms with Crippen molar-refractivity contribution in [1.82, 2.24) is 9.66 Å². The molecule has 45 heavy (non-hydrogen) atoms. The zero-order valence-electron chi connectivity index (χ0n) is 24.2. The van der Waals surface area contributed by atoms with Gasteiger partial charge in [0.15, 0.2) is 23.9 Å². The van der Waals surface area contributed by atoms with Crippen LogP contribution in [-0.4, -0.2) is 35.0 Å². The Labute approximate surface area is 271 Å². The number of hydrogen-bond acceptors (Lipinski definition) is 7. The van der Waals surface area contributed by atoms with Crippen molar-refractivity contribution >= 4 is 67.2 Å². The van der Waals surface area contributed by atoms with Crippen molar-refractivity contribution in [3.8, 4) is 23.1 Å². The van der Waals surface area contributed by atoms with Crippen molar-refractivity contribution in [2.75, 3.05) is 18.5 Å². The molecule has 0 saturated heterocycles. The first-order valence-corrected chi connectivity index (χ1v) is 15.2. The predicted octanol–water partition coefficient (Wildman–Crippen LogP) is 7.83. The smallest absolute Gasteiger partial charge is 0.282 e. The van der Waals surface area contributed by atoms with Gasteiger partial charge in [-0.1, -0.05) is 41.9 Å². The molecule has 1 amide bonds. The van der Waals surface area contributed by atoms with Gasteiger partial charge in [-0.05, 0) is 89.9 Å².